The highest BCUT2D eigenvalue weighted by atomic mass is 32.2. The second-order valence-corrected chi connectivity index (χ2v) is 8.41. The van der Waals surface area contributed by atoms with Gasteiger partial charge in [0, 0.05) is 32.5 Å². The quantitative estimate of drug-likeness (QED) is 0.784. The van der Waals surface area contributed by atoms with Crippen molar-refractivity contribution >= 4 is 10.9 Å². The van der Waals surface area contributed by atoms with Gasteiger partial charge in [-0.05, 0) is 35.4 Å². The van der Waals surface area contributed by atoms with Crippen LogP contribution in [0.2, 0.25) is 0 Å². The van der Waals surface area contributed by atoms with Gasteiger partial charge in [0.2, 0.25) is 0 Å². The average Bonchev–Trinajstić information content (AvgIpc) is 2.79. The molecule has 0 amide bonds. The molecule has 3 unspecified atom stereocenters. The molecule has 0 aliphatic carbocycles. The summed E-state index contributed by atoms with van der Waals surface area (Å²) in [7, 11) is 2.29. The Morgan fingerprint density at radius 3 is 2.75 bits per heavy atom. The molecule has 0 bridgehead atoms. The fourth-order valence-corrected chi connectivity index (χ4v) is 5.98. The molecule has 1 N–H and O–H groups in total. The van der Waals surface area contributed by atoms with Gasteiger partial charge in [-0.1, -0.05) is 24.3 Å². The van der Waals surface area contributed by atoms with Crippen molar-refractivity contribution in [1.82, 2.24) is 0 Å². The molecule has 1 aliphatic heterocycles. The minimum Gasteiger partial charge on any atom is -0.396 e. The molecule has 20 heavy (non-hydrogen) atoms. The normalized spacial score (nSPS) is 26.1. The molecule has 1 fully saturated rings. The maximum absolute atomic E-state index is 9.09. The van der Waals surface area contributed by atoms with E-state index < -0.39 is 0 Å². The van der Waals surface area contributed by atoms with Crippen LogP contribution in [0.25, 0.3) is 0 Å². The molecule has 1 heterocycles. The maximum atomic E-state index is 9.09. The first-order valence-corrected chi connectivity index (χ1v) is 9.20. The maximum Gasteiger partial charge on any atom is 0.115 e. The highest BCUT2D eigenvalue weighted by molar-refractivity contribution is 7.97. The number of methoxy groups -OCH3 is 1. The third-order valence-electron chi connectivity index (χ3n) is 4.27. The molecular weight excluding hydrogens is 268 g/mol. The van der Waals surface area contributed by atoms with Crippen molar-refractivity contribution in [2.45, 2.75) is 38.0 Å². The van der Waals surface area contributed by atoms with Crippen LogP contribution in [0, 0.1) is 5.92 Å². The van der Waals surface area contributed by atoms with Crippen molar-refractivity contribution in [3.63, 3.8) is 0 Å². The smallest absolute Gasteiger partial charge is 0.115 e. The summed E-state index contributed by atoms with van der Waals surface area (Å²) in [5, 5.41) is 9.93. The zero-order valence-electron chi connectivity index (χ0n) is 12.7. The number of hydrogen-bond acceptors (Lipinski definition) is 2. The molecule has 3 heteroatoms. The molecule has 112 valence electrons. The van der Waals surface area contributed by atoms with Crippen LogP contribution in [0.1, 0.15) is 30.9 Å². The van der Waals surface area contributed by atoms with Crippen molar-refractivity contribution in [3.05, 3.63) is 35.4 Å². The van der Waals surface area contributed by atoms with Crippen molar-refractivity contribution < 1.29 is 9.84 Å². The summed E-state index contributed by atoms with van der Waals surface area (Å²) < 4.78 is 5.28. The predicted octanol–water partition coefficient (Wildman–Crippen LogP) is 2.78. The monoisotopic (exact) mass is 295 g/mol. The molecule has 2 nitrogen and oxygen atoms in total. The van der Waals surface area contributed by atoms with E-state index in [9.17, 15) is 0 Å². The van der Waals surface area contributed by atoms with Gasteiger partial charge in [0.05, 0.1) is 6.61 Å². The number of hydrogen-bond donors (Lipinski definition) is 1. The van der Waals surface area contributed by atoms with Crippen molar-refractivity contribution in [2.75, 3.05) is 25.2 Å². The van der Waals surface area contributed by atoms with Gasteiger partial charge in [0.1, 0.15) is 16.8 Å². The second-order valence-electron chi connectivity index (χ2n) is 5.78. The molecule has 1 saturated heterocycles. The van der Waals surface area contributed by atoms with Crippen LogP contribution in [-0.2, 0) is 28.7 Å². The van der Waals surface area contributed by atoms with Crippen LogP contribution in [0.3, 0.4) is 0 Å². The number of aliphatic hydroxyl groups excluding tert-OH is 1. The Morgan fingerprint density at radius 2 is 2.05 bits per heavy atom. The van der Waals surface area contributed by atoms with Gasteiger partial charge in [-0.25, -0.2) is 0 Å². The van der Waals surface area contributed by atoms with Crippen LogP contribution in [-0.4, -0.2) is 35.6 Å². The van der Waals surface area contributed by atoms with Crippen molar-refractivity contribution in [3.8, 4) is 0 Å². The van der Waals surface area contributed by atoms with Crippen LogP contribution in [0.4, 0.5) is 0 Å². The molecule has 0 saturated carbocycles. The lowest BCUT2D eigenvalue weighted by Gasteiger charge is -2.10. The molecule has 1 aromatic rings. The van der Waals surface area contributed by atoms with Gasteiger partial charge < -0.3 is 9.84 Å². The Morgan fingerprint density at radius 1 is 1.30 bits per heavy atom. The molecule has 0 aromatic heterocycles. The number of aliphatic hydroxyl groups is 1. The molecule has 3 atom stereocenters. The fourth-order valence-electron chi connectivity index (χ4n) is 3.15. The Kier molecular flexibility index (Phi) is 6.40. The summed E-state index contributed by atoms with van der Waals surface area (Å²) in [5.74, 6) is 3.38. The van der Waals surface area contributed by atoms with Gasteiger partial charge in [-0.3, -0.25) is 0 Å². The number of benzene rings is 1. The first-order chi connectivity index (χ1) is 9.74. The van der Waals surface area contributed by atoms with E-state index in [1.807, 2.05) is 0 Å². The zero-order valence-corrected chi connectivity index (χ0v) is 13.5. The first kappa shape index (κ1) is 15.9. The lowest BCUT2D eigenvalue weighted by atomic mass is 10.0. The topological polar surface area (TPSA) is 29.5 Å². The summed E-state index contributed by atoms with van der Waals surface area (Å²) in [6, 6.07) is 8.64. The van der Waals surface area contributed by atoms with Crippen LogP contribution in [0.5, 0.6) is 0 Å². The van der Waals surface area contributed by atoms with Crippen molar-refractivity contribution in [1.29, 1.82) is 0 Å². The van der Waals surface area contributed by atoms with E-state index in [-0.39, 0.29) is 0 Å². The number of aryl methyl sites for hydroxylation is 1. The highest BCUT2D eigenvalue weighted by Crippen LogP contribution is 2.30. The molecule has 2 rings (SSSR count). The zero-order chi connectivity index (χ0) is 14.4. The summed E-state index contributed by atoms with van der Waals surface area (Å²) in [6.07, 6.45) is 3.47. The lowest BCUT2D eigenvalue weighted by Crippen LogP contribution is -2.19. The van der Waals surface area contributed by atoms with Gasteiger partial charge in [-0.15, -0.1) is 0 Å². The predicted molar refractivity (Wildman–Crippen MR) is 87.2 cm³/mol. The van der Waals surface area contributed by atoms with E-state index in [1.54, 1.807) is 7.11 Å². The molecular formula is C17H27O2S+. The van der Waals surface area contributed by atoms with Crippen LogP contribution >= 0.6 is 0 Å². The number of rotatable bonds is 7. The molecule has 1 aliphatic rings. The van der Waals surface area contributed by atoms with Gasteiger partial charge in [-0.2, -0.15) is 0 Å². The van der Waals surface area contributed by atoms with E-state index in [0.717, 1.165) is 17.6 Å². The Hall–Kier alpha value is -0.510. The fraction of sp³-hybridized carbons (Fsp3) is 0.647. The largest absolute Gasteiger partial charge is 0.396 e. The standard InChI is InChI=1S/C17H27O2S/c1-14-11-15(7-9-18)13-20(14)10-8-16-5-3-4-6-17(16)12-19-2/h3-6,14-15,18H,7-13H2,1-2H3/q+1. The summed E-state index contributed by atoms with van der Waals surface area (Å²) in [5.41, 5.74) is 2.78. The Labute approximate surface area is 125 Å². The van der Waals surface area contributed by atoms with E-state index in [1.165, 1.54) is 35.5 Å². The van der Waals surface area contributed by atoms with Gasteiger partial charge in [0.15, 0.2) is 0 Å². The van der Waals surface area contributed by atoms with E-state index in [2.05, 4.69) is 31.2 Å². The molecule has 0 spiro atoms. The van der Waals surface area contributed by atoms with Crippen LogP contribution < -0.4 is 0 Å². The molecule has 1 aromatic carbocycles. The third kappa shape index (κ3) is 4.24. The number of ether oxygens (including phenoxy) is 1. The molecule has 0 radical (unpaired) electrons. The minimum absolute atomic E-state index is 0.352. The minimum atomic E-state index is 0.352. The van der Waals surface area contributed by atoms with E-state index in [4.69, 9.17) is 9.84 Å². The van der Waals surface area contributed by atoms with Gasteiger partial charge in [0.25, 0.3) is 0 Å². The van der Waals surface area contributed by atoms with E-state index in [0.29, 0.717) is 24.1 Å². The van der Waals surface area contributed by atoms with Crippen molar-refractivity contribution in [2.24, 2.45) is 5.92 Å². The van der Waals surface area contributed by atoms with E-state index >= 15 is 0 Å². The third-order valence-corrected chi connectivity index (χ3v) is 7.23. The second kappa shape index (κ2) is 8.06. The first-order valence-electron chi connectivity index (χ1n) is 7.57. The average molecular weight is 295 g/mol. The summed E-state index contributed by atoms with van der Waals surface area (Å²) >= 11 is 0. The summed E-state index contributed by atoms with van der Waals surface area (Å²) in [4.78, 5) is 0. The van der Waals surface area contributed by atoms with Crippen LogP contribution in [0.15, 0.2) is 24.3 Å². The SMILES string of the molecule is COCc1ccccc1CC[S+]1CC(CCO)CC1C. The Balaban J connectivity index is 1.89. The van der Waals surface area contributed by atoms with Gasteiger partial charge >= 0.3 is 0 Å². The lowest BCUT2D eigenvalue weighted by molar-refractivity contribution is 0.184. The summed E-state index contributed by atoms with van der Waals surface area (Å²) in [6.45, 7) is 3.46. The highest BCUT2D eigenvalue weighted by Gasteiger charge is 2.38. The Bertz CT molecular complexity index is 408.